The number of benzene rings is 2. The van der Waals surface area contributed by atoms with E-state index in [1.807, 2.05) is 5.38 Å². The Morgan fingerprint density at radius 1 is 0.966 bits per heavy atom. The molecule has 152 valence electrons. The maximum absolute atomic E-state index is 13.3. The van der Waals surface area contributed by atoms with E-state index in [1.54, 1.807) is 55.6 Å². The second kappa shape index (κ2) is 9.11. The van der Waals surface area contributed by atoms with Gasteiger partial charge in [-0.2, -0.15) is 0 Å². The van der Waals surface area contributed by atoms with Crippen LogP contribution in [0.3, 0.4) is 0 Å². The molecule has 0 radical (unpaired) electrons. The van der Waals surface area contributed by atoms with Gasteiger partial charge in [0.05, 0.1) is 19.1 Å². The Bertz CT molecular complexity index is 1040. The SMILES string of the molecule is COc1ccc(C(=O)NC[C@@H](c2cccs2)S(=O)(=O)c2ccc(OC)cc2)cc1. The summed E-state index contributed by atoms with van der Waals surface area (Å²) >= 11 is 1.34. The molecule has 0 spiro atoms. The largest absolute Gasteiger partial charge is 0.497 e. The van der Waals surface area contributed by atoms with E-state index < -0.39 is 15.1 Å². The van der Waals surface area contributed by atoms with E-state index in [1.165, 1.54) is 30.6 Å². The highest BCUT2D eigenvalue weighted by Crippen LogP contribution is 2.32. The average Bonchev–Trinajstić information content (AvgIpc) is 3.28. The first kappa shape index (κ1) is 20.9. The first-order chi connectivity index (χ1) is 14.0. The van der Waals surface area contributed by atoms with Crippen molar-refractivity contribution in [1.82, 2.24) is 5.32 Å². The van der Waals surface area contributed by atoms with Gasteiger partial charge in [0.15, 0.2) is 9.84 Å². The smallest absolute Gasteiger partial charge is 0.251 e. The predicted octanol–water partition coefficient (Wildman–Crippen LogP) is 3.71. The molecular weight excluding hydrogens is 410 g/mol. The van der Waals surface area contributed by atoms with Crippen LogP contribution in [0.4, 0.5) is 0 Å². The van der Waals surface area contributed by atoms with Gasteiger partial charge in [-0.3, -0.25) is 4.79 Å². The lowest BCUT2D eigenvalue weighted by molar-refractivity contribution is 0.0953. The van der Waals surface area contributed by atoms with Crippen LogP contribution in [0.2, 0.25) is 0 Å². The lowest BCUT2D eigenvalue weighted by Crippen LogP contribution is -2.31. The van der Waals surface area contributed by atoms with Crippen LogP contribution in [0, 0.1) is 0 Å². The van der Waals surface area contributed by atoms with Crippen molar-refractivity contribution in [3.63, 3.8) is 0 Å². The third-order valence-corrected chi connectivity index (χ3v) is 7.66. The van der Waals surface area contributed by atoms with Gasteiger partial charge in [0.2, 0.25) is 0 Å². The number of carbonyl (C=O) groups excluding carboxylic acids is 1. The highest BCUT2D eigenvalue weighted by molar-refractivity contribution is 7.91. The third kappa shape index (κ3) is 4.78. The molecule has 0 aliphatic heterocycles. The molecule has 1 atom stereocenters. The van der Waals surface area contributed by atoms with Crippen molar-refractivity contribution in [2.75, 3.05) is 20.8 Å². The van der Waals surface area contributed by atoms with Crippen molar-refractivity contribution in [3.05, 3.63) is 76.5 Å². The molecule has 1 heterocycles. The lowest BCUT2D eigenvalue weighted by Gasteiger charge is -2.18. The van der Waals surface area contributed by atoms with E-state index >= 15 is 0 Å². The molecule has 8 heteroatoms. The van der Waals surface area contributed by atoms with Gasteiger partial charge in [0.1, 0.15) is 16.7 Å². The zero-order valence-corrected chi connectivity index (χ0v) is 17.6. The van der Waals surface area contributed by atoms with E-state index in [0.717, 1.165) is 0 Å². The molecule has 3 aromatic rings. The second-order valence-electron chi connectivity index (χ2n) is 6.16. The number of carbonyl (C=O) groups is 1. The Kier molecular flexibility index (Phi) is 6.56. The fourth-order valence-corrected chi connectivity index (χ4v) is 5.58. The van der Waals surface area contributed by atoms with Crippen LogP contribution in [-0.4, -0.2) is 35.1 Å². The Labute approximate surface area is 174 Å². The van der Waals surface area contributed by atoms with Gasteiger partial charge < -0.3 is 14.8 Å². The van der Waals surface area contributed by atoms with Gasteiger partial charge in [-0.15, -0.1) is 11.3 Å². The number of amides is 1. The van der Waals surface area contributed by atoms with Crippen molar-refractivity contribution in [2.24, 2.45) is 0 Å². The quantitative estimate of drug-likeness (QED) is 0.588. The summed E-state index contributed by atoms with van der Waals surface area (Å²) in [7, 11) is -0.651. The fourth-order valence-electron chi connectivity index (χ4n) is 2.80. The molecule has 1 N–H and O–H groups in total. The molecule has 0 saturated heterocycles. The van der Waals surface area contributed by atoms with E-state index in [-0.39, 0.29) is 17.3 Å². The van der Waals surface area contributed by atoms with E-state index in [2.05, 4.69) is 5.32 Å². The van der Waals surface area contributed by atoms with Crippen molar-refractivity contribution < 1.29 is 22.7 Å². The summed E-state index contributed by atoms with van der Waals surface area (Å²) in [5.41, 5.74) is 0.428. The van der Waals surface area contributed by atoms with Crippen molar-refractivity contribution in [3.8, 4) is 11.5 Å². The number of methoxy groups -OCH3 is 2. The molecule has 0 unspecified atom stereocenters. The van der Waals surface area contributed by atoms with Crippen LogP contribution < -0.4 is 14.8 Å². The van der Waals surface area contributed by atoms with Crippen LogP contribution in [0.25, 0.3) is 0 Å². The van der Waals surface area contributed by atoms with E-state index in [0.29, 0.717) is 21.9 Å². The minimum Gasteiger partial charge on any atom is -0.497 e. The molecule has 0 fully saturated rings. The lowest BCUT2D eigenvalue weighted by atomic mass is 10.2. The summed E-state index contributed by atoms with van der Waals surface area (Å²) in [5, 5.41) is 3.67. The maximum Gasteiger partial charge on any atom is 0.251 e. The molecular formula is C21H21NO5S2. The van der Waals surface area contributed by atoms with Crippen LogP contribution in [0.1, 0.15) is 20.5 Å². The highest BCUT2D eigenvalue weighted by Gasteiger charge is 2.30. The first-order valence-corrected chi connectivity index (χ1v) is 11.2. The topological polar surface area (TPSA) is 81.7 Å². The van der Waals surface area contributed by atoms with Gasteiger partial charge in [-0.05, 0) is 60.0 Å². The molecule has 1 aromatic heterocycles. The molecule has 6 nitrogen and oxygen atoms in total. The molecule has 29 heavy (non-hydrogen) atoms. The summed E-state index contributed by atoms with van der Waals surface area (Å²) in [6, 6.07) is 16.4. The van der Waals surface area contributed by atoms with Crippen molar-refractivity contribution in [1.29, 1.82) is 0 Å². The molecule has 1 amide bonds. The number of hydrogen-bond acceptors (Lipinski definition) is 6. The van der Waals surface area contributed by atoms with Crippen molar-refractivity contribution >= 4 is 27.1 Å². The second-order valence-corrected chi connectivity index (χ2v) is 9.27. The van der Waals surface area contributed by atoms with Crippen LogP contribution in [0.15, 0.2) is 70.9 Å². The van der Waals surface area contributed by atoms with Crippen molar-refractivity contribution in [2.45, 2.75) is 10.1 Å². The van der Waals surface area contributed by atoms with E-state index in [4.69, 9.17) is 9.47 Å². The molecule has 2 aromatic carbocycles. The molecule has 0 aliphatic carbocycles. The molecule has 0 aliphatic rings. The third-order valence-electron chi connectivity index (χ3n) is 4.42. The van der Waals surface area contributed by atoms with Gasteiger partial charge >= 0.3 is 0 Å². The minimum absolute atomic E-state index is 0.0419. The Hall–Kier alpha value is -2.84. The standard InChI is InChI=1S/C21H21NO5S2/c1-26-16-7-5-15(6-8-16)21(23)22-14-20(19-4-3-13-28-19)29(24,25)18-11-9-17(27-2)10-12-18/h3-13,20H,14H2,1-2H3,(H,22,23)/t20-/m0/s1. The maximum atomic E-state index is 13.3. The summed E-state index contributed by atoms with van der Waals surface area (Å²) < 4.78 is 36.7. The minimum atomic E-state index is -3.72. The van der Waals surface area contributed by atoms with Gasteiger partial charge in [0, 0.05) is 17.0 Å². The van der Waals surface area contributed by atoms with Crippen LogP contribution in [0.5, 0.6) is 11.5 Å². The fraction of sp³-hybridized carbons (Fsp3) is 0.190. The predicted molar refractivity (Wildman–Crippen MR) is 113 cm³/mol. The summed E-state index contributed by atoms with van der Waals surface area (Å²) in [5.74, 6) is 0.865. The zero-order chi connectivity index (χ0) is 20.9. The number of sulfone groups is 1. The normalized spacial score (nSPS) is 12.2. The molecule has 0 bridgehead atoms. The number of nitrogens with one attached hydrogen (secondary N) is 1. The Morgan fingerprint density at radius 3 is 2.07 bits per heavy atom. The number of hydrogen-bond donors (Lipinski definition) is 1. The number of ether oxygens (including phenoxy) is 2. The Morgan fingerprint density at radius 2 is 1.55 bits per heavy atom. The molecule has 0 saturated carbocycles. The van der Waals surface area contributed by atoms with Gasteiger partial charge in [-0.1, -0.05) is 6.07 Å². The zero-order valence-electron chi connectivity index (χ0n) is 16.0. The number of thiophene rings is 1. The molecule has 3 rings (SSSR count). The van der Waals surface area contributed by atoms with Crippen LogP contribution in [-0.2, 0) is 9.84 Å². The summed E-state index contributed by atoms with van der Waals surface area (Å²) in [6.07, 6.45) is 0. The summed E-state index contributed by atoms with van der Waals surface area (Å²) in [4.78, 5) is 13.3. The van der Waals surface area contributed by atoms with E-state index in [9.17, 15) is 13.2 Å². The Balaban J connectivity index is 1.82. The average molecular weight is 432 g/mol. The van der Waals surface area contributed by atoms with Gasteiger partial charge in [0.25, 0.3) is 5.91 Å². The van der Waals surface area contributed by atoms with Gasteiger partial charge in [-0.25, -0.2) is 8.42 Å². The number of rotatable bonds is 8. The highest BCUT2D eigenvalue weighted by atomic mass is 32.2. The van der Waals surface area contributed by atoms with Crippen LogP contribution >= 0.6 is 11.3 Å². The summed E-state index contributed by atoms with van der Waals surface area (Å²) in [6.45, 7) is -0.0419. The first-order valence-electron chi connectivity index (χ1n) is 8.79. The monoisotopic (exact) mass is 431 g/mol.